The minimum Gasteiger partial charge on any atom is -0.507 e. The number of phenolic OH excluding ortho intramolecular Hbond substituents is 1. The van der Waals surface area contributed by atoms with Gasteiger partial charge in [0.2, 0.25) is 0 Å². The molecular weight excluding hydrogens is 500 g/mol. The zero-order chi connectivity index (χ0) is 28.1. The van der Waals surface area contributed by atoms with Gasteiger partial charge in [0.05, 0.1) is 25.7 Å². The lowest BCUT2D eigenvalue weighted by atomic mass is 9.83. The molecular formula is C31H36O8. The maximum Gasteiger partial charge on any atom is 0.342 e. The molecule has 0 fully saturated rings. The smallest absolute Gasteiger partial charge is 0.342 e. The first kappa shape index (κ1) is 28.2. The van der Waals surface area contributed by atoms with Crippen molar-refractivity contribution in [2.24, 2.45) is 0 Å². The minimum absolute atomic E-state index is 0.0256. The van der Waals surface area contributed by atoms with Gasteiger partial charge in [-0.2, -0.15) is 0 Å². The summed E-state index contributed by atoms with van der Waals surface area (Å²) in [6.45, 7) is 5.60. The normalized spacial score (nSPS) is 20.4. The number of ketones is 1. The lowest BCUT2D eigenvalue weighted by molar-refractivity contribution is -0.135. The lowest BCUT2D eigenvalue weighted by Crippen LogP contribution is -2.23. The first-order valence-corrected chi connectivity index (χ1v) is 13.5. The fourth-order valence-electron chi connectivity index (χ4n) is 5.06. The first-order valence-electron chi connectivity index (χ1n) is 13.5. The van der Waals surface area contributed by atoms with E-state index in [1.54, 1.807) is 31.2 Å². The second-order valence-electron chi connectivity index (χ2n) is 10.4. The third-order valence-electron chi connectivity index (χ3n) is 6.93. The molecule has 0 unspecified atom stereocenters. The molecule has 0 saturated carbocycles. The Morgan fingerprint density at radius 1 is 1.05 bits per heavy atom. The van der Waals surface area contributed by atoms with E-state index in [2.05, 4.69) is 0 Å². The van der Waals surface area contributed by atoms with E-state index in [0.29, 0.717) is 66.7 Å². The van der Waals surface area contributed by atoms with Crippen molar-refractivity contribution in [2.45, 2.75) is 83.8 Å². The van der Waals surface area contributed by atoms with Gasteiger partial charge in [-0.05, 0) is 75.8 Å². The van der Waals surface area contributed by atoms with Gasteiger partial charge in [-0.25, -0.2) is 4.79 Å². The Morgan fingerprint density at radius 2 is 1.82 bits per heavy atom. The number of Topliss-reactive ketones (excluding diaryl/α,β-unsaturated/α-hetero) is 1. The van der Waals surface area contributed by atoms with E-state index in [1.807, 2.05) is 26.0 Å². The zero-order valence-electron chi connectivity index (χ0n) is 23.0. The number of ether oxygens (including phenoxy) is 4. The minimum atomic E-state index is -0.667. The predicted octanol–water partition coefficient (Wildman–Crippen LogP) is 6.11. The van der Waals surface area contributed by atoms with Crippen LogP contribution in [0.1, 0.15) is 98.7 Å². The summed E-state index contributed by atoms with van der Waals surface area (Å²) in [6, 6.07) is 6.97. The highest BCUT2D eigenvalue weighted by Crippen LogP contribution is 2.48. The van der Waals surface area contributed by atoms with Crippen LogP contribution < -0.4 is 14.2 Å². The van der Waals surface area contributed by atoms with Crippen molar-refractivity contribution >= 4 is 23.8 Å². The van der Waals surface area contributed by atoms with E-state index < -0.39 is 24.0 Å². The molecule has 0 amide bonds. The summed E-state index contributed by atoms with van der Waals surface area (Å²) < 4.78 is 22.6. The van der Waals surface area contributed by atoms with Crippen molar-refractivity contribution < 1.29 is 38.4 Å². The Morgan fingerprint density at radius 3 is 2.56 bits per heavy atom. The van der Waals surface area contributed by atoms with E-state index in [1.165, 1.54) is 7.11 Å². The molecule has 39 heavy (non-hydrogen) atoms. The molecule has 2 atom stereocenters. The molecule has 208 valence electrons. The van der Waals surface area contributed by atoms with Gasteiger partial charge in [0.15, 0.2) is 11.5 Å². The number of cyclic esters (lactones) is 1. The molecule has 0 bridgehead atoms. The summed E-state index contributed by atoms with van der Waals surface area (Å²) in [5.41, 5.74) is 1.47. The number of hydrogen-bond donors (Lipinski definition) is 1. The van der Waals surface area contributed by atoms with Gasteiger partial charge in [-0.1, -0.05) is 18.2 Å². The van der Waals surface area contributed by atoms with Crippen molar-refractivity contribution in [3.8, 4) is 23.0 Å². The van der Waals surface area contributed by atoms with Gasteiger partial charge >= 0.3 is 11.9 Å². The van der Waals surface area contributed by atoms with Crippen molar-refractivity contribution in [1.82, 2.24) is 0 Å². The van der Waals surface area contributed by atoms with Crippen molar-refractivity contribution in [1.29, 1.82) is 0 Å². The molecule has 4 rings (SSSR count). The molecule has 0 saturated heterocycles. The number of aromatic hydroxyl groups is 1. The summed E-state index contributed by atoms with van der Waals surface area (Å²) in [4.78, 5) is 38.1. The maximum atomic E-state index is 13.4. The summed E-state index contributed by atoms with van der Waals surface area (Å²) in [7, 11) is 1.54. The van der Waals surface area contributed by atoms with Crippen LogP contribution in [0, 0.1) is 0 Å². The quantitative estimate of drug-likeness (QED) is 0.368. The van der Waals surface area contributed by atoms with Gasteiger partial charge < -0.3 is 24.1 Å². The highest BCUT2D eigenvalue weighted by atomic mass is 16.5. The molecule has 1 N–H and O–H groups in total. The zero-order valence-corrected chi connectivity index (χ0v) is 23.0. The molecule has 2 aliphatic heterocycles. The number of allylic oxidation sites excluding steroid dienone is 1. The fourth-order valence-corrected chi connectivity index (χ4v) is 5.06. The van der Waals surface area contributed by atoms with E-state index in [0.717, 1.165) is 0 Å². The standard InChI is InChI=1S/C31H36O8/c1-18(2)37-24-14-13-20(15-25(24)36-4)23-17-27(33)39-26-16-21-10-6-5-7-11-22(32)12-8-9-19(3)38-31(35)28(21)30(34)29(23)26/h6,10,13-16,18-19,23,34H,5,7-9,11-12,17H2,1-4H3/t19-,23+/m1/s1. The number of carbonyl (C=O) groups excluding carboxylic acids is 3. The Bertz CT molecular complexity index is 1280. The summed E-state index contributed by atoms with van der Waals surface area (Å²) in [6.07, 6.45) is 6.46. The van der Waals surface area contributed by atoms with Crippen LogP contribution in [-0.4, -0.2) is 42.1 Å². The summed E-state index contributed by atoms with van der Waals surface area (Å²) in [5, 5.41) is 11.6. The second kappa shape index (κ2) is 12.4. The third kappa shape index (κ3) is 6.61. The van der Waals surface area contributed by atoms with Gasteiger partial charge in [0.25, 0.3) is 0 Å². The number of phenols is 1. The Kier molecular flexibility index (Phi) is 8.94. The molecule has 0 aromatic heterocycles. The van der Waals surface area contributed by atoms with Crippen LogP contribution in [-0.2, 0) is 14.3 Å². The monoisotopic (exact) mass is 536 g/mol. The van der Waals surface area contributed by atoms with E-state index in [-0.39, 0.29) is 35.4 Å². The van der Waals surface area contributed by atoms with Crippen LogP contribution in [0.15, 0.2) is 30.3 Å². The number of carbonyl (C=O) groups is 3. The number of fused-ring (bicyclic) bond motifs is 2. The highest BCUT2D eigenvalue weighted by molar-refractivity contribution is 5.98. The van der Waals surface area contributed by atoms with Crippen molar-refractivity contribution in [3.05, 3.63) is 52.6 Å². The summed E-state index contributed by atoms with van der Waals surface area (Å²) >= 11 is 0. The van der Waals surface area contributed by atoms with Gasteiger partial charge in [-0.15, -0.1) is 0 Å². The molecule has 2 heterocycles. The van der Waals surface area contributed by atoms with Crippen LogP contribution in [0.25, 0.3) is 6.08 Å². The third-order valence-corrected chi connectivity index (χ3v) is 6.93. The summed E-state index contributed by atoms with van der Waals surface area (Å²) in [5.74, 6) is -0.526. The molecule has 8 nitrogen and oxygen atoms in total. The average Bonchev–Trinajstić information content (AvgIpc) is 2.87. The van der Waals surface area contributed by atoms with Crippen LogP contribution in [0.2, 0.25) is 0 Å². The lowest BCUT2D eigenvalue weighted by Gasteiger charge is -2.28. The maximum absolute atomic E-state index is 13.4. The fraction of sp³-hybridized carbons (Fsp3) is 0.452. The number of hydrogen-bond acceptors (Lipinski definition) is 8. The van der Waals surface area contributed by atoms with E-state index >= 15 is 0 Å². The van der Waals surface area contributed by atoms with Gasteiger partial charge in [0, 0.05) is 24.3 Å². The molecule has 0 aliphatic carbocycles. The number of rotatable bonds is 4. The molecule has 0 radical (unpaired) electrons. The van der Waals surface area contributed by atoms with Gasteiger partial charge in [0.1, 0.15) is 22.8 Å². The van der Waals surface area contributed by atoms with Crippen LogP contribution in [0.5, 0.6) is 23.0 Å². The van der Waals surface area contributed by atoms with Crippen LogP contribution >= 0.6 is 0 Å². The SMILES string of the molecule is COc1cc([C@@H]2CC(=O)Oc3cc4c(c(O)c32)C(=O)O[C@H](C)CCCC(=O)CCCC=C4)ccc1OC(C)C. The van der Waals surface area contributed by atoms with E-state index in [4.69, 9.17) is 18.9 Å². The largest absolute Gasteiger partial charge is 0.507 e. The average molecular weight is 537 g/mol. The molecule has 2 aliphatic rings. The number of esters is 2. The molecule has 2 aromatic rings. The Labute approximate surface area is 228 Å². The van der Waals surface area contributed by atoms with Crippen LogP contribution in [0.3, 0.4) is 0 Å². The Hall–Kier alpha value is -3.81. The highest BCUT2D eigenvalue weighted by Gasteiger charge is 2.36. The topological polar surface area (TPSA) is 108 Å². The van der Waals surface area contributed by atoms with E-state index in [9.17, 15) is 19.5 Å². The molecule has 2 aromatic carbocycles. The molecule has 0 spiro atoms. The predicted molar refractivity (Wildman–Crippen MR) is 146 cm³/mol. The Balaban J connectivity index is 1.80. The molecule has 8 heteroatoms. The van der Waals surface area contributed by atoms with Crippen LogP contribution in [0.4, 0.5) is 0 Å². The second-order valence-corrected chi connectivity index (χ2v) is 10.4. The van der Waals surface area contributed by atoms with Gasteiger partial charge in [-0.3, -0.25) is 9.59 Å². The number of methoxy groups -OCH3 is 1. The van der Waals surface area contributed by atoms with Crippen molar-refractivity contribution in [2.75, 3.05) is 7.11 Å². The first-order chi connectivity index (χ1) is 18.7. The number of benzene rings is 2. The van der Waals surface area contributed by atoms with Crippen molar-refractivity contribution in [3.63, 3.8) is 0 Å².